The SMILES string of the molecule is Cc1ccc(-n2c(SCC(=O)Nc3ccc(Oc4ccccc4)cc3)nnc2-c2ccc(Cl)cc2)cc1. The highest BCUT2D eigenvalue weighted by Gasteiger charge is 2.17. The predicted octanol–water partition coefficient (Wildman–Crippen LogP) is 7.42. The van der Waals surface area contributed by atoms with E-state index >= 15 is 0 Å². The number of aromatic nitrogens is 3. The van der Waals surface area contributed by atoms with E-state index in [9.17, 15) is 4.79 Å². The number of rotatable bonds is 8. The zero-order valence-electron chi connectivity index (χ0n) is 20.0. The predicted molar refractivity (Wildman–Crippen MR) is 149 cm³/mol. The second kappa shape index (κ2) is 11.3. The van der Waals surface area contributed by atoms with Crippen molar-refractivity contribution in [3.8, 4) is 28.6 Å². The fraction of sp³-hybridized carbons (Fsp3) is 0.0690. The summed E-state index contributed by atoms with van der Waals surface area (Å²) < 4.78 is 7.76. The summed E-state index contributed by atoms with van der Waals surface area (Å²) in [6, 6.07) is 32.4. The Balaban J connectivity index is 1.29. The van der Waals surface area contributed by atoms with Crippen LogP contribution in [0.1, 0.15) is 5.56 Å². The first-order valence-electron chi connectivity index (χ1n) is 11.6. The Kier molecular flexibility index (Phi) is 7.54. The van der Waals surface area contributed by atoms with Crippen molar-refractivity contribution in [3.05, 3.63) is 114 Å². The molecule has 0 atom stereocenters. The van der Waals surface area contributed by atoms with E-state index in [1.165, 1.54) is 11.8 Å². The third kappa shape index (κ3) is 6.20. The van der Waals surface area contributed by atoms with Crippen molar-refractivity contribution in [2.24, 2.45) is 0 Å². The van der Waals surface area contributed by atoms with Gasteiger partial charge in [0.15, 0.2) is 11.0 Å². The normalized spacial score (nSPS) is 10.8. The van der Waals surface area contributed by atoms with E-state index < -0.39 is 0 Å². The second-order valence-corrected chi connectivity index (χ2v) is 9.64. The Bertz CT molecular complexity index is 1490. The van der Waals surface area contributed by atoms with Crippen molar-refractivity contribution in [2.45, 2.75) is 12.1 Å². The quantitative estimate of drug-likeness (QED) is 0.213. The van der Waals surface area contributed by atoms with Crippen molar-refractivity contribution in [2.75, 3.05) is 11.1 Å². The number of anilines is 1. The van der Waals surface area contributed by atoms with Crippen molar-refractivity contribution in [3.63, 3.8) is 0 Å². The van der Waals surface area contributed by atoms with Crippen LogP contribution in [-0.2, 0) is 4.79 Å². The van der Waals surface area contributed by atoms with Crippen LogP contribution in [0.25, 0.3) is 17.1 Å². The van der Waals surface area contributed by atoms with Crippen LogP contribution in [0, 0.1) is 6.92 Å². The van der Waals surface area contributed by atoms with Gasteiger partial charge in [-0.05, 0) is 79.7 Å². The Hall–Kier alpha value is -4.07. The molecule has 0 saturated heterocycles. The minimum Gasteiger partial charge on any atom is -0.457 e. The summed E-state index contributed by atoms with van der Waals surface area (Å²) in [5, 5.41) is 13.0. The first kappa shape index (κ1) is 24.6. The molecule has 8 heteroatoms. The lowest BCUT2D eigenvalue weighted by molar-refractivity contribution is -0.113. The number of benzene rings is 4. The number of nitrogens with zero attached hydrogens (tertiary/aromatic N) is 3. The summed E-state index contributed by atoms with van der Waals surface area (Å²) >= 11 is 7.40. The number of carbonyl (C=O) groups is 1. The Morgan fingerprint density at radius 1 is 0.865 bits per heavy atom. The molecule has 0 saturated carbocycles. The number of carbonyl (C=O) groups excluding carboxylic acids is 1. The molecule has 0 bridgehead atoms. The van der Waals surface area contributed by atoms with Crippen LogP contribution in [-0.4, -0.2) is 26.4 Å². The number of para-hydroxylation sites is 1. The van der Waals surface area contributed by atoms with Crippen LogP contribution in [0.5, 0.6) is 11.5 Å². The summed E-state index contributed by atoms with van der Waals surface area (Å²) in [6.07, 6.45) is 0. The van der Waals surface area contributed by atoms with Gasteiger partial charge in [0, 0.05) is 22.0 Å². The Morgan fingerprint density at radius 2 is 1.54 bits per heavy atom. The topological polar surface area (TPSA) is 69.0 Å². The van der Waals surface area contributed by atoms with Gasteiger partial charge in [0.1, 0.15) is 11.5 Å². The summed E-state index contributed by atoms with van der Waals surface area (Å²) in [5.41, 5.74) is 3.63. The second-order valence-electron chi connectivity index (χ2n) is 8.26. The lowest BCUT2D eigenvalue weighted by atomic mass is 10.2. The average molecular weight is 527 g/mol. The molecular weight excluding hydrogens is 504 g/mol. The van der Waals surface area contributed by atoms with E-state index in [2.05, 4.69) is 15.5 Å². The number of aryl methyl sites for hydroxylation is 1. The van der Waals surface area contributed by atoms with Crippen molar-refractivity contribution in [1.29, 1.82) is 0 Å². The molecular formula is C29H23ClN4O2S. The van der Waals surface area contributed by atoms with E-state index in [0.717, 1.165) is 22.6 Å². The minimum atomic E-state index is -0.145. The lowest BCUT2D eigenvalue weighted by Crippen LogP contribution is -2.14. The molecule has 1 N–H and O–H groups in total. The maximum absolute atomic E-state index is 12.7. The van der Waals surface area contributed by atoms with E-state index in [-0.39, 0.29) is 11.7 Å². The molecule has 1 aromatic heterocycles. The maximum Gasteiger partial charge on any atom is 0.234 e. The van der Waals surface area contributed by atoms with Gasteiger partial charge in [-0.2, -0.15) is 0 Å². The molecule has 0 aliphatic rings. The fourth-order valence-electron chi connectivity index (χ4n) is 3.63. The molecule has 184 valence electrons. The lowest BCUT2D eigenvalue weighted by Gasteiger charge is -2.11. The molecule has 0 unspecified atom stereocenters. The highest BCUT2D eigenvalue weighted by atomic mass is 35.5. The minimum absolute atomic E-state index is 0.145. The third-order valence-corrected chi connectivity index (χ3v) is 6.66. The fourth-order valence-corrected chi connectivity index (χ4v) is 4.51. The van der Waals surface area contributed by atoms with Gasteiger partial charge >= 0.3 is 0 Å². The number of hydrogen-bond donors (Lipinski definition) is 1. The first-order valence-corrected chi connectivity index (χ1v) is 13.0. The average Bonchev–Trinajstić information content (AvgIpc) is 3.34. The van der Waals surface area contributed by atoms with Crippen LogP contribution in [0.2, 0.25) is 5.02 Å². The molecule has 6 nitrogen and oxygen atoms in total. The van der Waals surface area contributed by atoms with Crippen molar-refractivity contribution < 1.29 is 9.53 Å². The third-order valence-electron chi connectivity index (χ3n) is 5.48. The largest absolute Gasteiger partial charge is 0.457 e. The molecule has 4 aromatic carbocycles. The molecule has 37 heavy (non-hydrogen) atoms. The van der Waals surface area contributed by atoms with Crippen molar-refractivity contribution >= 4 is 35.0 Å². The maximum atomic E-state index is 12.7. The van der Waals surface area contributed by atoms with Gasteiger partial charge in [-0.1, -0.05) is 59.3 Å². The summed E-state index contributed by atoms with van der Waals surface area (Å²) in [5.74, 6) is 2.16. The van der Waals surface area contributed by atoms with Gasteiger partial charge < -0.3 is 10.1 Å². The zero-order valence-corrected chi connectivity index (χ0v) is 21.5. The van der Waals surface area contributed by atoms with E-state index in [1.807, 2.05) is 115 Å². The molecule has 5 aromatic rings. The molecule has 0 spiro atoms. The first-order chi connectivity index (χ1) is 18.0. The number of halogens is 1. The van der Waals surface area contributed by atoms with Gasteiger partial charge in [0.25, 0.3) is 0 Å². The van der Waals surface area contributed by atoms with Gasteiger partial charge in [0.05, 0.1) is 5.75 Å². The van der Waals surface area contributed by atoms with Crippen LogP contribution in [0.4, 0.5) is 5.69 Å². The Morgan fingerprint density at radius 3 is 2.24 bits per heavy atom. The number of ether oxygens (including phenoxy) is 1. The van der Waals surface area contributed by atoms with E-state index in [1.54, 1.807) is 0 Å². The van der Waals surface area contributed by atoms with Crippen LogP contribution < -0.4 is 10.1 Å². The van der Waals surface area contributed by atoms with Crippen molar-refractivity contribution in [1.82, 2.24) is 14.8 Å². The molecule has 5 rings (SSSR count). The van der Waals surface area contributed by atoms with Crippen LogP contribution in [0.3, 0.4) is 0 Å². The number of amides is 1. The molecule has 0 fully saturated rings. The number of hydrogen-bond acceptors (Lipinski definition) is 5. The van der Waals surface area contributed by atoms with Gasteiger partial charge in [-0.15, -0.1) is 10.2 Å². The number of nitrogens with one attached hydrogen (secondary N) is 1. The van der Waals surface area contributed by atoms with Gasteiger partial charge in [-0.3, -0.25) is 9.36 Å². The molecule has 1 heterocycles. The monoisotopic (exact) mass is 526 g/mol. The smallest absolute Gasteiger partial charge is 0.234 e. The van der Waals surface area contributed by atoms with Crippen LogP contribution in [0.15, 0.2) is 108 Å². The van der Waals surface area contributed by atoms with Gasteiger partial charge in [0.2, 0.25) is 5.91 Å². The molecule has 1 amide bonds. The van der Waals surface area contributed by atoms with Crippen LogP contribution >= 0.6 is 23.4 Å². The Labute approximate surface area is 224 Å². The summed E-state index contributed by atoms with van der Waals surface area (Å²) in [4.78, 5) is 12.7. The molecule has 0 aliphatic heterocycles. The highest BCUT2D eigenvalue weighted by Crippen LogP contribution is 2.29. The van der Waals surface area contributed by atoms with E-state index in [4.69, 9.17) is 16.3 Å². The standard InChI is InChI=1S/C29H23ClN4O2S/c1-20-7-15-24(16-8-20)34-28(21-9-11-22(30)12-10-21)32-33-29(34)37-19-27(35)31-23-13-17-26(18-14-23)36-25-5-3-2-4-6-25/h2-18H,19H2,1H3,(H,31,35). The summed E-state index contributed by atoms with van der Waals surface area (Å²) in [6.45, 7) is 2.04. The summed E-state index contributed by atoms with van der Waals surface area (Å²) in [7, 11) is 0. The van der Waals surface area contributed by atoms with Gasteiger partial charge in [-0.25, -0.2) is 0 Å². The molecule has 0 aliphatic carbocycles. The molecule has 0 radical (unpaired) electrons. The highest BCUT2D eigenvalue weighted by molar-refractivity contribution is 7.99. The number of thioether (sulfide) groups is 1. The van der Waals surface area contributed by atoms with E-state index in [0.29, 0.717) is 27.4 Å². The zero-order chi connectivity index (χ0) is 25.6.